The molecule has 3 aromatic rings. The molecule has 1 aromatic heterocycles. The average molecular weight is 391 g/mol. The van der Waals surface area contributed by atoms with E-state index in [0.29, 0.717) is 11.7 Å². The SMILES string of the molecule is CC(Oc1cccc(-n2cnnn2)c1)C(=O)N1CCC(Cc2ccccc2)CC1. The summed E-state index contributed by atoms with van der Waals surface area (Å²) in [5, 5.41) is 11.2. The standard InChI is InChI=1S/C22H25N5O2/c1-17(29-21-9-5-8-20(15-21)27-16-23-24-25-27)22(28)26-12-10-19(11-13-26)14-18-6-3-2-4-7-18/h2-9,15-17,19H,10-14H2,1H3. The largest absolute Gasteiger partial charge is 0.481 e. The lowest BCUT2D eigenvalue weighted by atomic mass is 9.90. The zero-order chi connectivity index (χ0) is 20.1. The van der Waals surface area contributed by atoms with Crippen molar-refractivity contribution in [2.45, 2.75) is 32.3 Å². The van der Waals surface area contributed by atoms with Crippen molar-refractivity contribution < 1.29 is 9.53 Å². The molecule has 0 radical (unpaired) electrons. The van der Waals surface area contributed by atoms with Gasteiger partial charge >= 0.3 is 0 Å². The average Bonchev–Trinajstić information content (AvgIpc) is 3.30. The Bertz CT molecular complexity index is 921. The lowest BCUT2D eigenvalue weighted by Gasteiger charge is -2.33. The van der Waals surface area contributed by atoms with Crippen LogP contribution in [-0.4, -0.2) is 50.2 Å². The van der Waals surface area contributed by atoms with Gasteiger partial charge in [0.05, 0.1) is 5.69 Å². The number of likely N-dealkylation sites (tertiary alicyclic amines) is 1. The molecule has 0 spiro atoms. The Balaban J connectivity index is 1.30. The van der Waals surface area contributed by atoms with Gasteiger partial charge in [-0.1, -0.05) is 36.4 Å². The molecule has 1 aliphatic heterocycles. The van der Waals surface area contributed by atoms with Crippen molar-refractivity contribution in [2.24, 2.45) is 5.92 Å². The number of aromatic nitrogens is 4. The number of carbonyl (C=O) groups excluding carboxylic acids is 1. The Morgan fingerprint density at radius 2 is 1.93 bits per heavy atom. The molecule has 1 amide bonds. The summed E-state index contributed by atoms with van der Waals surface area (Å²) in [5.74, 6) is 1.29. The molecule has 1 unspecified atom stereocenters. The summed E-state index contributed by atoms with van der Waals surface area (Å²) in [6.45, 7) is 3.38. The molecule has 7 heteroatoms. The number of amides is 1. The molecular formula is C22H25N5O2. The van der Waals surface area contributed by atoms with Crippen LogP contribution >= 0.6 is 0 Å². The molecule has 2 heterocycles. The number of hydrogen-bond donors (Lipinski definition) is 0. The summed E-state index contributed by atoms with van der Waals surface area (Å²) in [5.41, 5.74) is 2.16. The van der Waals surface area contributed by atoms with E-state index in [0.717, 1.165) is 38.0 Å². The first-order valence-corrected chi connectivity index (χ1v) is 10.0. The number of piperidine rings is 1. The van der Waals surface area contributed by atoms with Crippen LogP contribution < -0.4 is 4.74 Å². The smallest absolute Gasteiger partial charge is 0.263 e. The van der Waals surface area contributed by atoms with Gasteiger partial charge in [-0.15, -0.1) is 5.10 Å². The van der Waals surface area contributed by atoms with Gasteiger partial charge in [-0.3, -0.25) is 4.79 Å². The molecule has 0 aliphatic carbocycles. The van der Waals surface area contributed by atoms with Crippen LogP contribution in [0.4, 0.5) is 0 Å². The van der Waals surface area contributed by atoms with Crippen LogP contribution in [0.2, 0.25) is 0 Å². The highest BCUT2D eigenvalue weighted by Crippen LogP contribution is 2.23. The van der Waals surface area contributed by atoms with Crippen molar-refractivity contribution in [1.29, 1.82) is 0 Å². The van der Waals surface area contributed by atoms with Gasteiger partial charge < -0.3 is 9.64 Å². The van der Waals surface area contributed by atoms with Crippen LogP contribution in [0.1, 0.15) is 25.3 Å². The number of hydrogen-bond acceptors (Lipinski definition) is 5. The maximum absolute atomic E-state index is 12.8. The number of carbonyl (C=O) groups is 1. The second kappa shape index (κ2) is 8.86. The van der Waals surface area contributed by atoms with Crippen molar-refractivity contribution in [3.63, 3.8) is 0 Å². The van der Waals surface area contributed by atoms with Crippen molar-refractivity contribution in [1.82, 2.24) is 25.1 Å². The zero-order valence-corrected chi connectivity index (χ0v) is 16.5. The molecule has 0 saturated carbocycles. The Morgan fingerprint density at radius 1 is 1.14 bits per heavy atom. The minimum absolute atomic E-state index is 0.0380. The fourth-order valence-electron chi connectivity index (χ4n) is 3.80. The Labute approximate surface area is 170 Å². The van der Waals surface area contributed by atoms with E-state index in [-0.39, 0.29) is 5.91 Å². The quantitative estimate of drug-likeness (QED) is 0.646. The molecule has 0 N–H and O–H groups in total. The predicted octanol–water partition coefficient (Wildman–Crippen LogP) is 2.91. The first-order chi connectivity index (χ1) is 14.2. The molecular weight excluding hydrogens is 366 g/mol. The Hall–Kier alpha value is -3.22. The van der Waals surface area contributed by atoms with Crippen LogP contribution in [0, 0.1) is 5.92 Å². The van der Waals surface area contributed by atoms with Crippen molar-refractivity contribution >= 4 is 5.91 Å². The fourth-order valence-corrected chi connectivity index (χ4v) is 3.80. The first kappa shape index (κ1) is 19.1. The highest BCUT2D eigenvalue weighted by atomic mass is 16.5. The molecule has 150 valence electrons. The van der Waals surface area contributed by atoms with E-state index in [1.807, 2.05) is 42.2 Å². The van der Waals surface area contributed by atoms with E-state index in [4.69, 9.17) is 4.74 Å². The molecule has 1 atom stereocenters. The molecule has 29 heavy (non-hydrogen) atoms. The third-order valence-corrected chi connectivity index (χ3v) is 5.39. The first-order valence-electron chi connectivity index (χ1n) is 10.0. The fraction of sp³-hybridized carbons (Fsp3) is 0.364. The van der Waals surface area contributed by atoms with Crippen LogP contribution in [-0.2, 0) is 11.2 Å². The third-order valence-electron chi connectivity index (χ3n) is 5.39. The second-order valence-electron chi connectivity index (χ2n) is 7.47. The molecule has 1 fully saturated rings. The van der Waals surface area contributed by atoms with E-state index in [1.165, 1.54) is 11.9 Å². The van der Waals surface area contributed by atoms with Crippen LogP contribution in [0.5, 0.6) is 5.75 Å². The van der Waals surface area contributed by atoms with E-state index < -0.39 is 6.10 Å². The Kier molecular flexibility index (Phi) is 5.84. The minimum atomic E-state index is -0.537. The lowest BCUT2D eigenvalue weighted by molar-refractivity contribution is -0.139. The van der Waals surface area contributed by atoms with Gasteiger partial charge in [-0.05, 0) is 60.2 Å². The van der Waals surface area contributed by atoms with Gasteiger partial charge in [0.2, 0.25) is 0 Å². The van der Waals surface area contributed by atoms with Crippen molar-refractivity contribution in [3.05, 3.63) is 66.5 Å². The molecule has 4 rings (SSSR count). The summed E-state index contributed by atoms with van der Waals surface area (Å²) in [6.07, 6.45) is 4.13. The summed E-state index contributed by atoms with van der Waals surface area (Å²) in [6, 6.07) is 18.0. The predicted molar refractivity (Wildman–Crippen MR) is 109 cm³/mol. The van der Waals surface area contributed by atoms with Gasteiger partial charge in [0.15, 0.2) is 6.10 Å². The molecule has 1 aliphatic rings. The van der Waals surface area contributed by atoms with E-state index in [1.54, 1.807) is 4.68 Å². The maximum atomic E-state index is 12.8. The van der Waals surface area contributed by atoms with Crippen molar-refractivity contribution in [3.8, 4) is 11.4 Å². The second-order valence-corrected chi connectivity index (χ2v) is 7.47. The molecule has 2 aromatic carbocycles. The number of ether oxygens (including phenoxy) is 1. The maximum Gasteiger partial charge on any atom is 0.263 e. The molecule has 0 bridgehead atoms. The highest BCUT2D eigenvalue weighted by Gasteiger charge is 2.27. The highest BCUT2D eigenvalue weighted by molar-refractivity contribution is 5.81. The van der Waals surface area contributed by atoms with Gasteiger partial charge in [0.25, 0.3) is 5.91 Å². The summed E-state index contributed by atoms with van der Waals surface area (Å²) < 4.78 is 7.47. The van der Waals surface area contributed by atoms with E-state index >= 15 is 0 Å². The van der Waals surface area contributed by atoms with Gasteiger partial charge in [-0.2, -0.15) is 0 Å². The molecule has 7 nitrogen and oxygen atoms in total. The van der Waals surface area contributed by atoms with Gasteiger partial charge in [0, 0.05) is 19.2 Å². The van der Waals surface area contributed by atoms with Crippen molar-refractivity contribution in [2.75, 3.05) is 13.1 Å². The van der Waals surface area contributed by atoms with Gasteiger partial charge in [0.1, 0.15) is 12.1 Å². The summed E-state index contributed by atoms with van der Waals surface area (Å²) >= 11 is 0. The monoisotopic (exact) mass is 391 g/mol. The Morgan fingerprint density at radius 3 is 2.66 bits per heavy atom. The summed E-state index contributed by atoms with van der Waals surface area (Å²) in [7, 11) is 0. The number of benzene rings is 2. The van der Waals surface area contributed by atoms with E-state index in [9.17, 15) is 4.79 Å². The third kappa shape index (κ3) is 4.80. The normalized spacial score (nSPS) is 15.8. The van der Waals surface area contributed by atoms with Crippen LogP contribution in [0.3, 0.4) is 0 Å². The number of rotatable bonds is 6. The van der Waals surface area contributed by atoms with Crippen LogP contribution in [0.25, 0.3) is 5.69 Å². The topological polar surface area (TPSA) is 73.1 Å². The van der Waals surface area contributed by atoms with E-state index in [2.05, 4.69) is 39.8 Å². The van der Waals surface area contributed by atoms with Crippen LogP contribution in [0.15, 0.2) is 60.9 Å². The number of nitrogens with zero attached hydrogens (tertiary/aromatic N) is 5. The number of tetrazole rings is 1. The van der Waals surface area contributed by atoms with Gasteiger partial charge in [-0.25, -0.2) is 4.68 Å². The minimum Gasteiger partial charge on any atom is -0.481 e. The summed E-state index contributed by atoms with van der Waals surface area (Å²) in [4.78, 5) is 14.8. The molecule has 1 saturated heterocycles. The zero-order valence-electron chi connectivity index (χ0n) is 16.5. The lowest BCUT2D eigenvalue weighted by Crippen LogP contribution is -2.45.